The van der Waals surface area contributed by atoms with Crippen molar-refractivity contribution in [1.82, 2.24) is 0 Å². The van der Waals surface area contributed by atoms with E-state index in [2.05, 4.69) is 12.1 Å². The lowest BCUT2D eigenvalue weighted by Crippen LogP contribution is -2.24. The molecule has 1 aliphatic carbocycles. The highest BCUT2D eigenvalue weighted by Gasteiger charge is 2.24. The number of hydrogen-bond donors (Lipinski definition) is 1. The van der Waals surface area contributed by atoms with Gasteiger partial charge in [-0.1, -0.05) is 24.3 Å². The average Bonchev–Trinajstić information content (AvgIpc) is 3.09. The number of rotatable bonds is 5. The minimum absolute atomic E-state index is 0.437. The van der Waals surface area contributed by atoms with Gasteiger partial charge in [-0.25, -0.2) is 4.79 Å². The fourth-order valence-electron chi connectivity index (χ4n) is 1.88. The smallest absolute Gasteiger partial charge is 0.333 e. The zero-order valence-corrected chi connectivity index (χ0v) is 9.35. The zero-order chi connectivity index (χ0) is 11.5. The maximum absolute atomic E-state index is 10.8. The van der Waals surface area contributed by atoms with Crippen LogP contribution in [0.3, 0.4) is 0 Å². The van der Waals surface area contributed by atoms with Crippen LogP contribution in [0.25, 0.3) is 0 Å². The van der Waals surface area contributed by atoms with Crippen LogP contribution in [0.15, 0.2) is 24.3 Å². The molecular formula is C13H16O3. The Morgan fingerprint density at radius 3 is 2.88 bits per heavy atom. The van der Waals surface area contributed by atoms with Crippen molar-refractivity contribution >= 4 is 5.97 Å². The maximum atomic E-state index is 10.8. The highest BCUT2D eigenvalue weighted by molar-refractivity contribution is 5.72. The topological polar surface area (TPSA) is 46.5 Å². The Labute approximate surface area is 95.0 Å². The fraction of sp³-hybridized carbons (Fsp3) is 0.462. The number of methoxy groups -OCH3 is 1. The molecule has 0 saturated heterocycles. The van der Waals surface area contributed by atoms with Crippen LogP contribution in [-0.2, 0) is 16.0 Å². The number of benzene rings is 1. The van der Waals surface area contributed by atoms with Crippen LogP contribution in [0, 0.1) is 0 Å². The van der Waals surface area contributed by atoms with Gasteiger partial charge in [0.25, 0.3) is 0 Å². The van der Waals surface area contributed by atoms with Crippen LogP contribution in [0.4, 0.5) is 0 Å². The summed E-state index contributed by atoms with van der Waals surface area (Å²) < 4.78 is 4.93. The highest BCUT2D eigenvalue weighted by Crippen LogP contribution is 2.40. The summed E-state index contributed by atoms with van der Waals surface area (Å²) in [6, 6.07) is 8.18. The van der Waals surface area contributed by atoms with Gasteiger partial charge in [0.15, 0.2) is 6.10 Å². The Hall–Kier alpha value is -1.35. The lowest BCUT2D eigenvalue weighted by atomic mass is 10.0. The minimum Gasteiger partial charge on any atom is -0.479 e. The van der Waals surface area contributed by atoms with E-state index >= 15 is 0 Å². The molecule has 0 heterocycles. The van der Waals surface area contributed by atoms with Gasteiger partial charge in [0.05, 0.1) is 0 Å². The lowest BCUT2D eigenvalue weighted by molar-refractivity contribution is -0.148. The molecule has 0 aromatic heterocycles. The van der Waals surface area contributed by atoms with Crippen molar-refractivity contribution in [3.05, 3.63) is 35.4 Å². The summed E-state index contributed by atoms with van der Waals surface area (Å²) in [5.41, 5.74) is 2.37. The monoisotopic (exact) mass is 220 g/mol. The molecule has 3 heteroatoms. The first-order valence-electron chi connectivity index (χ1n) is 5.55. The molecule has 0 aliphatic heterocycles. The van der Waals surface area contributed by atoms with E-state index in [1.54, 1.807) is 0 Å². The first-order valence-corrected chi connectivity index (χ1v) is 5.55. The number of carboxylic acids is 1. The Balaban J connectivity index is 2.07. The summed E-state index contributed by atoms with van der Waals surface area (Å²) in [7, 11) is 1.43. The van der Waals surface area contributed by atoms with E-state index in [4.69, 9.17) is 9.84 Å². The molecule has 1 unspecified atom stereocenters. The van der Waals surface area contributed by atoms with E-state index in [-0.39, 0.29) is 0 Å². The highest BCUT2D eigenvalue weighted by atomic mass is 16.5. The third-order valence-electron chi connectivity index (χ3n) is 2.98. The number of aliphatic carboxylic acids is 1. The van der Waals surface area contributed by atoms with Crippen molar-refractivity contribution in [2.24, 2.45) is 0 Å². The Kier molecular flexibility index (Phi) is 3.25. The van der Waals surface area contributed by atoms with E-state index in [9.17, 15) is 4.79 Å². The number of hydrogen-bond acceptors (Lipinski definition) is 2. The van der Waals surface area contributed by atoms with Crippen LogP contribution in [0.2, 0.25) is 0 Å². The standard InChI is InChI=1S/C13H16O3/c1-16-12(13(14)15)8-9-3-2-4-11(7-9)10-5-6-10/h2-4,7,10,12H,5-6,8H2,1H3,(H,14,15). The predicted molar refractivity (Wildman–Crippen MR) is 60.6 cm³/mol. The molecule has 86 valence electrons. The first kappa shape index (κ1) is 11.1. The molecule has 1 aromatic carbocycles. The van der Waals surface area contributed by atoms with Crippen LogP contribution < -0.4 is 0 Å². The van der Waals surface area contributed by atoms with Gasteiger partial charge in [0, 0.05) is 13.5 Å². The molecule has 0 radical (unpaired) electrons. The molecule has 1 fully saturated rings. The quantitative estimate of drug-likeness (QED) is 0.827. The van der Waals surface area contributed by atoms with Crippen LogP contribution in [-0.4, -0.2) is 24.3 Å². The van der Waals surface area contributed by atoms with E-state index in [0.717, 1.165) is 5.56 Å². The third kappa shape index (κ3) is 2.61. The van der Waals surface area contributed by atoms with Gasteiger partial charge in [0.2, 0.25) is 0 Å². The Morgan fingerprint density at radius 1 is 1.56 bits per heavy atom. The summed E-state index contributed by atoms with van der Waals surface area (Å²) in [6.45, 7) is 0. The molecule has 0 amide bonds. The SMILES string of the molecule is COC(Cc1cccc(C2CC2)c1)C(=O)O. The Bertz CT molecular complexity index is 383. The first-order chi connectivity index (χ1) is 7.70. The van der Waals surface area contributed by atoms with Gasteiger partial charge >= 0.3 is 5.97 Å². The number of ether oxygens (including phenoxy) is 1. The van der Waals surface area contributed by atoms with E-state index in [1.807, 2.05) is 12.1 Å². The van der Waals surface area contributed by atoms with Gasteiger partial charge in [-0.05, 0) is 29.9 Å². The molecular weight excluding hydrogens is 204 g/mol. The molecule has 1 aliphatic rings. The summed E-state index contributed by atoms with van der Waals surface area (Å²) in [5, 5.41) is 8.90. The second-order valence-electron chi connectivity index (χ2n) is 4.29. The number of carboxylic acid groups (broad SMARTS) is 1. The van der Waals surface area contributed by atoms with Crippen molar-refractivity contribution < 1.29 is 14.6 Å². The minimum atomic E-state index is -0.903. The Morgan fingerprint density at radius 2 is 2.31 bits per heavy atom. The van der Waals surface area contributed by atoms with E-state index in [0.29, 0.717) is 12.3 Å². The van der Waals surface area contributed by atoms with E-state index < -0.39 is 12.1 Å². The predicted octanol–water partition coefficient (Wildman–Crippen LogP) is 2.21. The summed E-state index contributed by atoms with van der Waals surface area (Å²) >= 11 is 0. The van der Waals surface area contributed by atoms with Crippen molar-refractivity contribution in [2.75, 3.05) is 7.11 Å². The fourth-order valence-corrected chi connectivity index (χ4v) is 1.88. The molecule has 0 spiro atoms. The molecule has 1 N–H and O–H groups in total. The van der Waals surface area contributed by atoms with Gasteiger partial charge in [-0.15, -0.1) is 0 Å². The second-order valence-corrected chi connectivity index (χ2v) is 4.29. The largest absolute Gasteiger partial charge is 0.479 e. The maximum Gasteiger partial charge on any atom is 0.333 e. The molecule has 1 atom stereocenters. The van der Waals surface area contributed by atoms with Gasteiger partial charge < -0.3 is 9.84 Å². The third-order valence-corrected chi connectivity index (χ3v) is 2.98. The van der Waals surface area contributed by atoms with Crippen LogP contribution in [0.1, 0.15) is 29.9 Å². The summed E-state index contributed by atoms with van der Waals surface area (Å²) in [6.07, 6.45) is 2.22. The van der Waals surface area contributed by atoms with Gasteiger partial charge in [-0.3, -0.25) is 0 Å². The normalized spacial score (nSPS) is 17.1. The van der Waals surface area contributed by atoms with Crippen LogP contribution in [0.5, 0.6) is 0 Å². The molecule has 2 rings (SSSR count). The summed E-state index contributed by atoms with van der Waals surface area (Å²) in [4.78, 5) is 10.8. The van der Waals surface area contributed by atoms with Crippen molar-refractivity contribution in [3.63, 3.8) is 0 Å². The van der Waals surface area contributed by atoms with Crippen LogP contribution >= 0.6 is 0 Å². The molecule has 0 bridgehead atoms. The van der Waals surface area contributed by atoms with Crippen molar-refractivity contribution in [1.29, 1.82) is 0 Å². The summed E-state index contributed by atoms with van der Waals surface area (Å²) in [5.74, 6) is -0.204. The number of carbonyl (C=O) groups is 1. The average molecular weight is 220 g/mol. The molecule has 16 heavy (non-hydrogen) atoms. The zero-order valence-electron chi connectivity index (χ0n) is 9.35. The van der Waals surface area contributed by atoms with Gasteiger partial charge in [-0.2, -0.15) is 0 Å². The molecule has 3 nitrogen and oxygen atoms in total. The molecule has 1 aromatic rings. The van der Waals surface area contributed by atoms with Gasteiger partial charge in [0.1, 0.15) is 0 Å². The molecule has 1 saturated carbocycles. The van der Waals surface area contributed by atoms with Crippen molar-refractivity contribution in [3.8, 4) is 0 Å². The lowest BCUT2D eigenvalue weighted by Gasteiger charge is -2.11. The van der Waals surface area contributed by atoms with Crippen molar-refractivity contribution in [2.45, 2.75) is 31.3 Å². The second kappa shape index (κ2) is 4.66. The van der Waals surface area contributed by atoms with E-state index in [1.165, 1.54) is 25.5 Å².